The fraction of sp³-hybridized carbons (Fsp3) is 0.200. The first-order chi connectivity index (χ1) is 9.08. The zero-order valence-corrected chi connectivity index (χ0v) is 12.2. The van der Waals surface area contributed by atoms with Gasteiger partial charge in [0, 0.05) is 10.5 Å². The molecule has 1 unspecified atom stereocenters. The Balaban J connectivity index is 2.21. The van der Waals surface area contributed by atoms with Crippen LogP contribution >= 0.6 is 15.9 Å². The smallest absolute Gasteiger partial charge is 0.124 e. The van der Waals surface area contributed by atoms with Gasteiger partial charge >= 0.3 is 0 Å². The summed E-state index contributed by atoms with van der Waals surface area (Å²) in [6.45, 7) is 2.04. The molecular formula is C15H16BrFN2. The van der Waals surface area contributed by atoms with Crippen molar-refractivity contribution in [1.82, 2.24) is 5.43 Å². The molecule has 100 valence electrons. The molecule has 0 heterocycles. The van der Waals surface area contributed by atoms with E-state index in [0.29, 0.717) is 6.42 Å². The lowest BCUT2D eigenvalue weighted by Gasteiger charge is -2.17. The van der Waals surface area contributed by atoms with Crippen molar-refractivity contribution in [1.29, 1.82) is 0 Å². The zero-order valence-electron chi connectivity index (χ0n) is 10.7. The standard InChI is InChI=1S/C15H16BrFN2/c1-10-2-4-12(5-3-10)15(19-18)8-11-6-13(16)9-14(17)7-11/h2-7,9,15,19H,8,18H2,1H3. The molecule has 0 aliphatic rings. The third-order valence-corrected chi connectivity index (χ3v) is 3.50. The van der Waals surface area contributed by atoms with Crippen LogP contribution in [0.15, 0.2) is 46.9 Å². The molecule has 0 amide bonds. The first-order valence-electron chi connectivity index (χ1n) is 6.06. The van der Waals surface area contributed by atoms with Gasteiger partial charge in [-0.2, -0.15) is 0 Å². The van der Waals surface area contributed by atoms with Crippen LogP contribution in [0.4, 0.5) is 4.39 Å². The summed E-state index contributed by atoms with van der Waals surface area (Å²) in [6, 6.07) is 13.0. The monoisotopic (exact) mass is 322 g/mol. The second-order valence-corrected chi connectivity index (χ2v) is 5.53. The first-order valence-corrected chi connectivity index (χ1v) is 6.85. The molecule has 0 aliphatic carbocycles. The summed E-state index contributed by atoms with van der Waals surface area (Å²) in [7, 11) is 0. The van der Waals surface area contributed by atoms with Gasteiger partial charge in [-0.05, 0) is 42.7 Å². The Kier molecular flexibility index (Phi) is 4.69. The fourth-order valence-electron chi connectivity index (χ4n) is 2.04. The SMILES string of the molecule is Cc1ccc(C(Cc2cc(F)cc(Br)c2)NN)cc1. The number of benzene rings is 2. The molecule has 0 saturated carbocycles. The third-order valence-electron chi connectivity index (χ3n) is 3.04. The van der Waals surface area contributed by atoms with Crippen LogP contribution in [0.1, 0.15) is 22.7 Å². The van der Waals surface area contributed by atoms with Gasteiger partial charge in [-0.15, -0.1) is 0 Å². The van der Waals surface area contributed by atoms with E-state index in [1.54, 1.807) is 0 Å². The van der Waals surface area contributed by atoms with Crippen molar-refractivity contribution in [3.63, 3.8) is 0 Å². The lowest BCUT2D eigenvalue weighted by Crippen LogP contribution is -2.29. The lowest BCUT2D eigenvalue weighted by molar-refractivity contribution is 0.548. The molecule has 2 nitrogen and oxygen atoms in total. The van der Waals surface area contributed by atoms with Crippen molar-refractivity contribution in [3.8, 4) is 0 Å². The predicted molar refractivity (Wildman–Crippen MR) is 79.0 cm³/mol. The number of aryl methyl sites for hydroxylation is 1. The van der Waals surface area contributed by atoms with E-state index in [1.165, 1.54) is 17.7 Å². The number of nitrogens with one attached hydrogen (secondary N) is 1. The normalized spacial score (nSPS) is 12.4. The molecule has 2 aromatic carbocycles. The lowest BCUT2D eigenvalue weighted by atomic mass is 9.98. The number of hydrogen-bond acceptors (Lipinski definition) is 2. The number of halogens is 2. The molecule has 0 spiro atoms. The highest BCUT2D eigenvalue weighted by molar-refractivity contribution is 9.10. The molecule has 0 saturated heterocycles. The van der Waals surface area contributed by atoms with Gasteiger partial charge in [0.15, 0.2) is 0 Å². The highest BCUT2D eigenvalue weighted by Gasteiger charge is 2.11. The Morgan fingerprint density at radius 3 is 2.47 bits per heavy atom. The number of hydrogen-bond donors (Lipinski definition) is 2. The van der Waals surface area contributed by atoms with Crippen LogP contribution in [0.5, 0.6) is 0 Å². The predicted octanol–water partition coefficient (Wildman–Crippen LogP) is 3.64. The van der Waals surface area contributed by atoms with Gasteiger partial charge in [0.2, 0.25) is 0 Å². The van der Waals surface area contributed by atoms with Crippen LogP contribution < -0.4 is 11.3 Å². The van der Waals surface area contributed by atoms with Gasteiger partial charge in [-0.1, -0.05) is 45.8 Å². The van der Waals surface area contributed by atoms with Crippen molar-refractivity contribution >= 4 is 15.9 Å². The first kappa shape index (κ1) is 14.2. The van der Waals surface area contributed by atoms with E-state index in [-0.39, 0.29) is 11.9 Å². The molecule has 0 bridgehead atoms. The van der Waals surface area contributed by atoms with Crippen LogP contribution in [0, 0.1) is 12.7 Å². The molecule has 2 aromatic rings. The largest absolute Gasteiger partial charge is 0.271 e. The molecular weight excluding hydrogens is 307 g/mol. The van der Waals surface area contributed by atoms with Crippen LogP contribution in [0.3, 0.4) is 0 Å². The average molecular weight is 323 g/mol. The van der Waals surface area contributed by atoms with Crippen molar-refractivity contribution in [3.05, 3.63) is 69.4 Å². The van der Waals surface area contributed by atoms with Crippen molar-refractivity contribution in [2.45, 2.75) is 19.4 Å². The molecule has 19 heavy (non-hydrogen) atoms. The van der Waals surface area contributed by atoms with Crippen molar-refractivity contribution in [2.24, 2.45) is 5.84 Å². The number of nitrogens with two attached hydrogens (primary N) is 1. The molecule has 3 N–H and O–H groups in total. The minimum atomic E-state index is -0.246. The molecule has 1 atom stereocenters. The van der Waals surface area contributed by atoms with Crippen molar-refractivity contribution < 1.29 is 4.39 Å². The summed E-state index contributed by atoms with van der Waals surface area (Å²) in [5, 5.41) is 0. The number of rotatable bonds is 4. The minimum Gasteiger partial charge on any atom is -0.271 e. The zero-order chi connectivity index (χ0) is 13.8. The molecule has 0 aromatic heterocycles. The maximum Gasteiger partial charge on any atom is 0.124 e. The molecule has 2 rings (SSSR count). The Morgan fingerprint density at radius 2 is 1.89 bits per heavy atom. The van der Waals surface area contributed by atoms with Crippen LogP contribution in [0.25, 0.3) is 0 Å². The highest BCUT2D eigenvalue weighted by atomic mass is 79.9. The average Bonchev–Trinajstić information content (AvgIpc) is 2.36. The van der Waals surface area contributed by atoms with Crippen LogP contribution in [0.2, 0.25) is 0 Å². The highest BCUT2D eigenvalue weighted by Crippen LogP contribution is 2.21. The molecule has 4 heteroatoms. The van der Waals surface area contributed by atoms with E-state index in [1.807, 2.05) is 37.3 Å². The molecule has 0 aliphatic heterocycles. The van der Waals surface area contributed by atoms with Gasteiger partial charge in [0.05, 0.1) is 0 Å². The number of hydrazine groups is 1. The molecule has 0 fully saturated rings. The summed E-state index contributed by atoms with van der Waals surface area (Å²) in [6.07, 6.45) is 0.635. The van der Waals surface area contributed by atoms with Crippen LogP contribution in [-0.4, -0.2) is 0 Å². The van der Waals surface area contributed by atoms with E-state index in [2.05, 4.69) is 21.4 Å². The van der Waals surface area contributed by atoms with Crippen LogP contribution in [-0.2, 0) is 6.42 Å². The maximum absolute atomic E-state index is 13.4. The second kappa shape index (κ2) is 6.28. The van der Waals surface area contributed by atoms with Gasteiger partial charge < -0.3 is 0 Å². The van der Waals surface area contributed by atoms with E-state index >= 15 is 0 Å². The van der Waals surface area contributed by atoms with Gasteiger partial charge in [0.1, 0.15) is 5.82 Å². The van der Waals surface area contributed by atoms with Crippen molar-refractivity contribution in [2.75, 3.05) is 0 Å². The Bertz CT molecular complexity index is 534. The second-order valence-electron chi connectivity index (χ2n) is 4.61. The summed E-state index contributed by atoms with van der Waals surface area (Å²) in [5.41, 5.74) is 5.98. The molecule has 0 radical (unpaired) electrons. The maximum atomic E-state index is 13.4. The van der Waals surface area contributed by atoms with Gasteiger partial charge in [-0.3, -0.25) is 11.3 Å². The summed E-state index contributed by atoms with van der Waals surface area (Å²) in [4.78, 5) is 0. The van der Waals surface area contributed by atoms with Gasteiger partial charge in [-0.25, -0.2) is 4.39 Å². The fourth-order valence-corrected chi connectivity index (χ4v) is 2.55. The van der Waals surface area contributed by atoms with Gasteiger partial charge in [0.25, 0.3) is 0 Å². The Morgan fingerprint density at radius 1 is 1.21 bits per heavy atom. The summed E-state index contributed by atoms with van der Waals surface area (Å²) < 4.78 is 14.1. The van der Waals surface area contributed by atoms with E-state index in [0.717, 1.165) is 15.6 Å². The quantitative estimate of drug-likeness (QED) is 0.666. The Hall–Kier alpha value is -1.23. The van der Waals surface area contributed by atoms with E-state index < -0.39 is 0 Å². The van der Waals surface area contributed by atoms with E-state index in [9.17, 15) is 4.39 Å². The minimum absolute atomic E-state index is 0.0331. The topological polar surface area (TPSA) is 38.0 Å². The van der Waals surface area contributed by atoms with E-state index in [4.69, 9.17) is 5.84 Å². The Labute approximate surface area is 120 Å². The summed E-state index contributed by atoms with van der Waals surface area (Å²) >= 11 is 3.30. The third kappa shape index (κ3) is 3.86. The summed E-state index contributed by atoms with van der Waals surface area (Å²) in [5.74, 6) is 5.37.